The van der Waals surface area contributed by atoms with E-state index in [1.165, 1.54) is 0 Å². The minimum absolute atomic E-state index is 0. The second-order valence-corrected chi connectivity index (χ2v) is 6.78. The topological polar surface area (TPSA) is 84.0 Å². The van der Waals surface area contributed by atoms with Gasteiger partial charge in [0.25, 0.3) is 0 Å². The van der Waals surface area contributed by atoms with Gasteiger partial charge in [0.1, 0.15) is 5.75 Å². The van der Waals surface area contributed by atoms with Crippen molar-refractivity contribution in [3.63, 3.8) is 0 Å². The fourth-order valence-electron chi connectivity index (χ4n) is 3.37. The average Bonchev–Trinajstić information content (AvgIpc) is 2.75. The molecule has 0 fully saturated rings. The van der Waals surface area contributed by atoms with Crippen molar-refractivity contribution in [1.82, 2.24) is 10.6 Å². The number of carbonyl (C=O) groups excluding carboxylic acids is 1. The molecular weight excluding hydrogens is 495 g/mol. The average molecular weight is 524 g/mol. The van der Waals surface area contributed by atoms with Gasteiger partial charge in [-0.25, -0.2) is 0 Å². The van der Waals surface area contributed by atoms with Crippen LogP contribution in [0.1, 0.15) is 23.5 Å². The van der Waals surface area contributed by atoms with Gasteiger partial charge in [-0.1, -0.05) is 36.4 Å². The van der Waals surface area contributed by atoms with E-state index in [1.54, 1.807) is 14.2 Å². The lowest BCUT2D eigenvalue weighted by atomic mass is 9.90. The van der Waals surface area contributed by atoms with Crippen molar-refractivity contribution in [1.29, 1.82) is 0 Å². The van der Waals surface area contributed by atoms with Crippen LogP contribution in [0, 0.1) is 0 Å². The molecule has 2 aromatic rings. The quantitative estimate of drug-likeness (QED) is 0.214. The summed E-state index contributed by atoms with van der Waals surface area (Å²) in [5.74, 6) is 1.67. The van der Waals surface area contributed by atoms with Crippen molar-refractivity contribution >= 4 is 41.5 Å². The molecule has 2 aromatic carbocycles. The summed E-state index contributed by atoms with van der Waals surface area (Å²) in [6, 6.07) is 15.7. The number of nitrogens with zero attached hydrogens (tertiary/aromatic N) is 1. The summed E-state index contributed by atoms with van der Waals surface area (Å²) in [6.07, 6.45) is 0.461. The highest BCUT2D eigenvalue weighted by Gasteiger charge is 2.24. The van der Waals surface area contributed by atoms with E-state index in [-0.39, 0.29) is 35.8 Å². The summed E-state index contributed by atoms with van der Waals surface area (Å²) in [7, 11) is 3.39. The van der Waals surface area contributed by atoms with Crippen LogP contribution in [0.2, 0.25) is 0 Å². The molecule has 1 aliphatic heterocycles. The predicted molar refractivity (Wildman–Crippen MR) is 130 cm³/mol. The summed E-state index contributed by atoms with van der Waals surface area (Å²) in [5.41, 5.74) is 3.06. The lowest BCUT2D eigenvalue weighted by molar-refractivity contribution is -0.116. The fraction of sp³-hybridized carbons (Fsp3) is 0.364. The zero-order chi connectivity index (χ0) is 20.5. The van der Waals surface area contributed by atoms with Crippen molar-refractivity contribution < 1.29 is 14.3 Å². The molecule has 30 heavy (non-hydrogen) atoms. The number of methoxy groups -OCH3 is 1. The van der Waals surface area contributed by atoms with Gasteiger partial charge >= 0.3 is 0 Å². The molecule has 1 amide bonds. The Morgan fingerprint density at radius 2 is 1.93 bits per heavy atom. The zero-order valence-corrected chi connectivity index (χ0v) is 19.6. The molecule has 0 bridgehead atoms. The third-order valence-electron chi connectivity index (χ3n) is 4.83. The largest absolute Gasteiger partial charge is 0.496 e. The maximum Gasteiger partial charge on any atom is 0.225 e. The first kappa shape index (κ1) is 23.9. The summed E-state index contributed by atoms with van der Waals surface area (Å²) in [4.78, 5) is 16.2. The molecule has 3 rings (SSSR count). The number of aliphatic imine (C=N–C) groups is 1. The van der Waals surface area contributed by atoms with Crippen molar-refractivity contribution in [2.24, 2.45) is 4.99 Å². The lowest BCUT2D eigenvalue weighted by Gasteiger charge is -2.26. The Morgan fingerprint density at radius 3 is 2.73 bits per heavy atom. The van der Waals surface area contributed by atoms with Gasteiger partial charge in [-0.3, -0.25) is 9.79 Å². The summed E-state index contributed by atoms with van der Waals surface area (Å²) < 4.78 is 11.1. The molecule has 0 saturated heterocycles. The Hall–Kier alpha value is -2.33. The van der Waals surface area contributed by atoms with Crippen LogP contribution >= 0.6 is 24.0 Å². The number of benzene rings is 2. The van der Waals surface area contributed by atoms with Crippen LogP contribution < -0.4 is 20.7 Å². The minimum Gasteiger partial charge on any atom is -0.496 e. The number of anilines is 1. The molecule has 0 aromatic heterocycles. The SMILES string of the molecule is CN=C(NCCOCc1ccccc1OC)NCC1CC(=O)Nc2ccccc21.I. The number of fused-ring (bicyclic) bond motifs is 1. The number of para-hydroxylation sites is 2. The molecule has 0 saturated carbocycles. The van der Waals surface area contributed by atoms with Crippen LogP contribution in [0.3, 0.4) is 0 Å². The van der Waals surface area contributed by atoms with Gasteiger partial charge in [0.05, 0.1) is 20.3 Å². The highest BCUT2D eigenvalue weighted by atomic mass is 127. The number of guanidine groups is 1. The van der Waals surface area contributed by atoms with E-state index in [0.29, 0.717) is 38.7 Å². The number of halogens is 1. The molecular formula is C22H29IN4O3. The summed E-state index contributed by atoms with van der Waals surface area (Å²) >= 11 is 0. The Balaban J connectivity index is 0.00000320. The predicted octanol–water partition coefficient (Wildman–Crippen LogP) is 3.12. The van der Waals surface area contributed by atoms with Crippen molar-refractivity contribution in [2.45, 2.75) is 18.9 Å². The fourth-order valence-corrected chi connectivity index (χ4v) is 3.37. The van der Waals surface area contributed by atoms with Gasteiger partial charge in [0, 0.05) is 43.7 Å². The molecule has 1 aliphatic rings. The molecule has 162 valence electrons. The molecule has 7 nitrogen and oxygen atoms in total. The standard InChI is InChI=1S/C22H28N4O3.HI/c1-23-22(24-11-12-29-15-16-7-3-6-10-20(16)28-2)25-14-17-13-21(27)26-19-9-5-4-8-18(17)19;/h3-10,17H,11-15H2,1-2H3,(H,26,27)(H2,23,24,25);1H. The van der Waals surface area contributed by atoms with E-state index in [2.05, 4.69) is 27.0 Å². The third-order valence-corrected chi connectivity index (χ3v) is 4.83. The van der Waals surface area contributed by atoms with Crippen molar-refractivity contribution in [2.75, 3.05) is 39.2 Å². The molecule has 0 radical (unpaired) electrons. The van der Waals surface area contributed by atoms with Gasteiger partial charge in [-0.2, -0.15) is 0 Å². The van der Waals surface area contributed by atoms with E-state index >= 15 is 0 Å². The van der Waals surface area contributed by atoms with E-state index in [1.807, 2.05) is 42.5 Å². The van der Waals surface area contributed by atoms with Gasteiger partial charge in [0.15, 0.2) is 5.96 Å². The number of ether oxygens (including phenoxy) is 2. The van der Waals surface area contributed by atoms with Gasteiger partial charge in [0.2, 0.25) is 5.91 Å². The molecule has 1 atom stereocenters. The molecule has 0 aliphatic carbocycles. The monoisotopic (exact) mass is 524 g/mol. The lowest BCUT2D eigenvalue weighted by Crippen LogP contribution is -2.41. The van der Waals surface area contributed by atoms with Crippen molar-refractivity contribution in [3.8, 4) is 5.75 Å². The molecule has 3 N–H and O–H groups in total. The second-order valence-electron chi connectivity index (χ2n) is 6.78. The summed E-state index contributed by atoms with van der Waals surface area (Å²) in [5, 5.41) is 9.48. The first-order chi connectivity index (χ1) is 14.2. The smallest absolute Gasteiger partial charge is 0.225 e. The Labute approximate surface area is 194 Å². The van der Waals surface area contributed by atoms with Crippen LogP contribution in [0.15, 0.2) is 53.5 Å². The molecule has 8 heteroatoms. The Kier molecular flexibility index (Phi) is 9.88. The number of carbonyl (C=O) groups is 1. The zero-order valence-electron chi connectivity index (χ0n) is 17.3. The molecule has 0 spiro atoms. The van der Waals surface area contributed by atoms with Crippen molar-refractivity contribution in [3.05, 3.63) is 59.7 Å². The highest BCUT2D eigenvalue weighted by molar-refractivity contribution is 14.0. The van der Waals surface area contributed by atoms with E-state index in [0.717, 1.165) is 22.6 Å². The summed E-state index contributed by atoms with van der Waals surface area (Å²) in [6.45, 7) is 2.28. The first-order valence-electron chi connectivity index (χ1n) is 9.74. The number of nitrogens with one attached hydrogen (secondary N) is 3. The maximum atomic E-state index is 11.9. The first-order valence-corrected chi connectivity index (χ1v) is 9.74. The molecule has 1 heterocycles. The third kappa shape index (κ3) is 6.60. The van der Waals surface area contributed by atoms with Crippen LogP contribution in [0.25, 0.3) is 0 Å². The van der Waals surface area contributed by atoms with E-state index in [9.17, 15) is 4.79 Å². The van der Waals surface area contributed by atoms with E-state index in [4.69, 9.17) is 9.47 Å². The van der Waals surface area contributed by atoms with Crippen LogP contribution in [-0.4, -0.2) is 45.7 Å². The van der Waals surface area contributed by atoms with Crippen LogP contribution in [0.5, 0.6) is 5.75 Å². The Bertz CT molecular complexity index is 860. The van der Waals surface area contributed by atoms with Gasteiger partial charge in [-0.05, 0) is 17.7 Å². The molecule has 1 unspecified atom stereocenters. The maximum absolute atomic E-state index is 11.9. The van der Waals surface area contributed by atoms with Crippen LogP contribution in [0.4, 0.5) is 5.69 Å². The Morgan fingerprint density at radius 1 is 1.17 bits per heavy atom. The second kappa shape index (κ2) is 12.4. The minimum atomic E-state index is 0. The number of hydrogen-bond acceptors (Lipinski definition) is 4. The number of hydrogen-bond donors (Lipinski definition) is 3. The van der Waals surface area contributed by atoms with Gasteiger partial charge in [-0.15, -0.1) is 24.0 Å². The van der Waals surface area contributed by atoms with Crippen LogP contribution in [-0.2, 0) is 16.1 Å². The highest BCUT2D eigenvalue weighted by Crippen LogP contribution is 2.31. The number of rotatable bonds is 8. The number of amides is 1. The van der Waals surface area contributed by atoms with Gasteiger partial charge < -0.3 is 25.4 Å². The van der Waals surface area contributed by atoms with E-state index < -0.39 is 0 Å². The normalized spacial score (nSPS) is 15.5.